The normalized spacial score (nSPS) is 16.1. The summed E-state index contributed by atoms with van der Waals surface area (Å²) in [6.45, 7) is 2.87. The highest BCUT2D eigenvalue weighted by Crippen LogP contribution is 2.27. The topological polar surface area (TPSA) is 61.6 Å². The van der Waals surface area contributed by atoms with Gasteiger partial charge in [0.15, 0.2) is 11.7 Å². The Morgan fingerprint density at radius 2 is 1.87 bits per heavy atom. The predicted octanol–water partition coefficient (Wildman–Crippen LogP) is 6.48. The van der Waals surface area contributed by atoms with Crippen LogP contribution in [0.3, 0.4) is 0 Å². The van der Waals surface area contributed by atoms with Crippen LogP contribution in [-0.2, 0) is 16.0 Å². The summed E-state index contributed by atoms with van der Waals surface area (Å²) in [7, 11) is 0. The number of rotatable bonds is 10. The van der Waals surface area contributed by atoms with Gasteiger partial charge >= 0.3 is 5.97 Å². The fourth-order valence-electron chi connectivity index (χ4n) is 3.97. The van der Waals surface area contributed by atoms with Crippen molar-refractivity contribution in [1.29, 1.82) is 0 Å². The number of esters is 1. The smallest absolute Gasteiger partial charge is 0.340 e. The van der Waals surface area contributed by atoms with Crippen LogP contribution < -0.4 is 4.74 Å². The highest BCUT2D eigenvalue weighted by atomic mass is 16.6. The summed E-state index contributed by atoms with van der Waals surface area (Å²) in [4.78, 5) is 16.8. The second-order valence-corrected chi connectivity index (χ2v) is 8.29. The zero-order chi connectivity index (χ0) is 21.5. The number of unbranched alkanes of at least 4 members (excludes halogenated alkanes) is 5. The number of aryl methyl sites for hydroxylation is 1. The van der Waals surface area contributed by atoms with Crippen molar-refractivity contribution in [2.24, 2.45) is 0 Å². The highest BCUT2D eigenvalue weighted by Gasteiger charge is 2.25. The molecule has 31 heavy (non-hydrogen) atoms. The van der Waals surface area contributed by atoms with E-state index in [0.717, 1.165) is 35.9 Å². The number of nitrogens with zero attached hydrogens (tertiary/aromatic N) is 1. The summed E-state index contributed by atoms with van der Waals surface area (Å²) in [5.41, 5.74) is 3.83. The number of carbonyl (C=O) groups is 1. The number of oxazole rings is 1. The minimum atomic E-state index is -0.442. The quantitative estimate of drug-likeness (QED) is 0.213. The van der Waals surface area contributed by atoms with Gasteiger partial charge in [0.1, 0.15) is 11.3 Å². The van der Waals surface area contributed by atoms with E-state index in [2.05, 4.69) is 24.0 Å². The molecule has 5 heteroatoms. The first kappa shape index (κ1) is 21.6. The van der Waals surface area contributed by atoms with Gasteiger partial charge in [-0.25, -0.2) is 9.78 Å². The number of benzene rings is 2. The maximum Gasteiger partial charge on any atom is 0.340 e. The molecule has 1 unspecified atom stereocenters. The van der Waals surface area contributed by atoms with E-state index < -0.39 is 6.10 Å². The molecule has 1 aliphatic rings. The lowest BCUT2D eigenvalue weighted by Gasteiger charge is -2.09. The molecule has 2 heterocycles. The van der Waals surface area contributed by atoms with Gasteiger partial charge in [-0.1, -0.05) is 45.1 Å². The van der Waals surface area contributed by atoms with Gasteiger partial charge < -0.3 is 13.9 Å². The molecule has 0 amide bonds. The average molecular weight is 422 g/mol. The van der Waals surface area contributed by atoms with Crippen molar-refractivity contribution in [2.75, 3.05) is 6.61 Å². The first-order chi connectivity index (χ1) is 15.2. The monoisotopic (exact) mass is 421 g/mol. The van der Waals surface area contributed by atoms with Crippen molar-refractivity contribution in [1.82, 2.24) is 4.98 Å². The molecule has 1 saturated heterocycles. The van der Waals surface area contributed by atoms with Crippen LogP contribution in [0.1, 0.15) is 63.9 Å². The van der Waals surface area contributed by atoms with E-state index in [1.165, 1.54) is 44.1 Å². The molecule has 4 rings (SSSR count). The lowest BCUT2D eigenvalue weighted by Crippen LogP contribution is -2.24. The predicted molar refractivity (Wildman–Crippen MR) is 121 cm³/mol. The Morgan fingerprint density at radius 3 is 2.65 bits per heavy atom. The van der Waals surface area contributed by atoms with Gasteiger partial charge in [-0.2, -0.15) is 0 Å². The molecule has 5 nitrogen and oxygen atoms in total. The van der Waals surface area contributed by atoms with Crippen LogP contribution in [0.15, 0.2) is 46.9 Å². The molecule has 3 aromatic rings. The molecule has 164 valence electrons. The summed E-state index contributed by atoms with van der Waals surface area (Å²) in [6.07, 6.45) is 10.0. The van der Waals surface area contributed by atoms with Crippen molar-refractivity contribution >= 4 is 17.1 Å². The molecule has 1 fully saturated rings. The van der Waals surface area contributed by atoms with Crippen LogP contribution >= 0.6 is 0 Å². The molecule has 0 radical (unpaired) electrons. The van der Waals surface area contributed by atoms with E-state index in [1.807, 2.05) is 18.2 Å². The number of fused-ring (bicyclic) bond motifs is 1. The Kier molecular flexibility index (Phi) is 7.36. The number of aromatic nitrogens is 1. The van der Waals surface area contributed by atoms with Gasteiger partial charge in [0.2, 0.25) is 5.89 Å². The van der Waals surface area contributed by atoms with Crippen LogP contribution in [0.5, 0.6) is 5.75 Å². The Balaban J connectivity index is 1.36. The van der Waals surface area contributed by atoms with E-state index in [0.29, 0.717) is 18.2 Å². The maximum absolute atomic E-state index is 12.1. The molecular formula is C26H31NO4. The number of carbonyl (C=O) groups excluding carboxylic acids is 1. The summed E-state index contributed by atoms with van der Waals surface area (Å²) in [5.74, 6) is 0.746. The summed E-state index contributed by atoms with van der Waals surface area (Å²) >= 11 is 0. The fourth-order valence-corrected chi connectivity index (χ4v) is 3.97. The van der Waals surface area contributed by atoms with Crippen LogP contribution in [0.4, 0.5) is 0 Å². The third kappa shape index (κ3) is 5.73. The van der Waals surface area contributed by atoms with Gasteiger partial charge in [0, 0.05) is 12.2 Å². The lowest BCUT2D eigenvalue weighted by molar-refractivity contribution is -0.144. The van der Waals surface area contributed by atoms with Crippen LogP contribution in [0.25, 0.3) is 22.6 Å². The van der Waals surface area contributed by atoms with Crippen molar-refractivity contribution in [2.45, 2.75) is 70.8 Å². The molecule has 1 aliphatic heterocycles. The molecule has 0 aliphatic carbocycles. The average Bonchev–Trinajstić information content (AvgIpc) is 3.46. The summed E-state index contributed by atoms with van der Waals surface area (Å²) < 4.78 is 16.7. The zero-order valence-electron chi connectivity index (χ0n) is 18.3. The third-order valence-electron chi connectivity index (χ3n) is 5.78. The van der Waals surface area contributed by atoms with Crippen molar-refractivity contribution in [3.63, 3.8) is 0 Å². The van der Waals surface area contributed by atoms with E-state index >= 15 is 0 Å². The molecule has 0 saturated carbocycles. The van der Waals surface area contributed by atoms with Crippen molar-refractivity contribution < 1.29 is 18.7 Å². The SMILES string of the molecule is CCCCCCCCc1ccc2oc(-c3ccc(OC(=O)C4CCCO4)cc3)nc2c1. The van der Waals surface area contributed by atoms with Crippen LogP contribution in [0.2, 0.25) is 0 Å². The van der Waals surface area contributed by atoms with Gasteiger partial charge in [-0.05, 0) is 67.6 Å². The minimum Gasteiger partial charge on any atom is -0.436 e. The first-order valence-corrected chi connectivity index (χ1v) is 11.6. The molecule has 0 bridgehead atoms. The summed E-state index contributed by atoms with van der Waals surface area (Å²) in [5, 5.41) is 0. The largest absolute Gasteiger partial charge is 0.436 e. The number of hydrogen-bond donors (Lipinski definition) is 0. The second kappa shape index (κ2) is 10.6. The molecule has 0 N–H and O–H groups in total. The van der Waals surface area contributed by atoms with E-state index in [4.69, 9.17) is 13.9 Å². The molecule has 1 atom stereocenters. The van der Waals surface area contributed by atoms with E-state index in [-0.39, 0.29) is 5.97 Å². The Morgan fingerprint density at radius 1 is 1.06 bits per heavy atom. The fraction of sp³-hybridized carbons (Fsp3) is 0.462. The maximum atomic E-state index is 12.1. The zero-order valence-corrected chi connectivity index (χ0v) is 18.3. The van der Waals surface area contributed by atoms with Crippen molar-refractivity contribution in [3.05, 3.63) is 48.0 Å². The van der Waals surface area contributed by atoms with Gasteiger partial charge in [-0.15, -0.1) is 0 Å². The molecule has 1 aromatic heterocycles. The lowest BCUT2D eigenvalue weighted by atomic mass is 10.0. The molecule has 0 spiro atoms. The van der Waals surface area contributed by atoms with Crippen LogP contribution in [0, 0.1) is 0 Å². The van der Waals surface area contributed by atoms with E-state index in [9.17, 15) is 4.79 Å². The third-order valence-corrected chi connectivity index (χ3v) is 5.78. The second-order valence-electron chi connectivity index (χ2n) is 8.29. The van der Waals surface area contributed by atoms with Gasteiger partial charge in [0.05, 0.1) is 0 Å². The van der Waals surface area contributed by atoms with Gasteiger partial charge in [0.25, 0.3) is 0 Å². The van der Waals surface area contributed by atoms with Crippen LogP contribution in [-0.4, -0.2) is 23.7 Å². The first-order valence-electron chi connectivity index (χ1n) is 11.6. The number of ether oxygens (including phenoxy) is 2. The molecule has 2 aromatic carbocycles. The van der Waals surface area contributed by atoms with E-state index in [1.54, 1.807) is 12.1 Å². The van der Waals surface area contributed by atoms with Crippen molar-refractivity contribution in [3.8, 4) is 17.2 Å². The number of hydrogen-bond acceptors (Lipinski definition) is 5. The Hall–Kier alpha value is -2.66. The molecular weight excluding hydrogens is 390 g/mol. The van der Waals surface area contributed by atoms with Gasteiger partial charge in [-0.3, -0.25) is 0 Å². The standard InChI is InChI=1S/C26H31NO4/c1-2-3-4-5-6-7-9-19-11-16-23-22(18-19)27-25(31-23)20-12-14-21(15-13-20)30-26(28)24-10-8-17-29-24/h11-16,18,24H,2-10,17H2,1H3. The Labute approximate surface area is 183 Å². The summed E-state index contributed by atoms with van der Waals surface area (Å²) in [6, 6.07) is 13.5. The minimum absolute atomic E-state index is 0.329. The highest BCUT2D eigenvalue weighted by molar-refractivity contribution is 5.78. The Bertz CT molecular complexity index is 986.